The van der Waals surface area contributed by atoms with E-state index in [9.17, 15) is 4.79 Å². The second kappa shape index (κ2) is 4.34. The van der Waals surface area contributed by atoms with E-state index < -0.39 is 0 Å². The summed E-state index contributed by atoms with van der Waals surface area (Å²) >= 11 is 13.3. The molecule has 0 radical (unpaired) electrons. The Morgan fingerprint density at radius 1 is 1.07 bits per heavy atom. The van der Waals surface area contributed by atoms with Crippen LogP contribution in [0.15, 0.2) is 0 Å². The topological polar surface area (TPSA) is 23.6 Å². The molecule has 0 saturated carbocycles. The van der Waals surface area contributed by atoms with E-state index in [1.54, 1.807) is 33.3 Å². The van der Waals surface area contributed by atoms with Crippen molar-refractivity contribution in [1.29, 1.82) is 0 Å². The van der Waals surface area contributed by atoms with Crippen LogP contribution >= 0.6 is 48.0 Å². The molecule has 0 aliphatic carbocycles. The fourth-order valence-corrected chi connectivity index (χ4v) is 3.67. The minimum Gasteiger partial charge on any atom is -0.278 e. The van der Waals surface area contributed by atoms with Crippen molar-refractivity contribution in [3.05, 3.63) is 0 Å². The molecule has 2 rings (SSSR count). The number of thiocarbonyl (C=S) groups is 2. The van der Waals surface area contributed by atoms with Gasteiger partial charge in [0.2, 0.25) is 0 Å². The molecule has 0 aromatic carbocycles. The van der Waals surface area contributed by atoms with Crippen LogP contribution in [0, 0.1) is 0 Å². The number of hydrogen-bond acceptors (Lipinski definition) is 5. The number of carbonyl (C=O) groups excluding carboxylic acids is 1. The molecule has 3 nitrogen and oxygen atoms in total. The van der Waals surface area contributed by atoms with Gasteiger partial charge in [-0.2, -0.15) is 0 Å². The van der Waals surface area contributed by atoms with E-state index in [0.29, 0.717) is 21.7 Å². The van der Waals surface area contributed by atoms with Crippen LogP contribution in [0.25, 0.3) is 0 Å². The molecule has 2 aliphatic heterocycles. The SMILES string of the molecule is O=C(N1CCSC1=S)N1CCSC1=S. The van der Waals surface area contributed by atoms with E-state index in [1.807, 2.05) is 0 Å². The van der Waals surface area contributed by atoms with Crippen LogP contribution in [0.5, 0.6) is 0 Å². The Kier molecular flexibility index (Phi) is 3.30. The van der Waals surface area contributed by atoms with Crippen molar-refractivity contribution in [2.75, 3.05) is 24.6 Å². The van der Waals surface area contributed by atoms with Crippen LogP contribution in [-0.2, 0) is 0 Å². The molecule has 0 bridgehead atoms. The predicted octanol–water partition coefficient (Wildman–Crippen LogP) is 1.77. The van der Waals surface area contributed by atoms with E-state index in [-0.39, 0.29) is 6.03 Å². The smallest absolute Gasteiger partial charge is 0.278 e. The molecular weight excluding hydrogens is 256 g/mol. The quantitative estimate of drug-likeness (QED) is 0.621. The fraction of sp³-hybridized carbons (Fsp3) is 0.571. The molecule has 2 fully saturated rings. The van der Waals surface area contributed by atoms with Gasteiger partial charge in [0.1, 0.15) is 8.64 Å². The van der Waals surface area contributed by atoms with Gasteiger partial charge in [-0.05, 0) is 0 Å². The Balaban J connectivity index is 2.07. The van der Waals surface area contributed by atoms with Gasteiger partial charge in [-0.3, -0.25) is 9.80 Å². The van der Waals surface area contributed by atoms with E-state index in [0.717, 1.165) is 11.5 Å². The summed E-state index contributed by atoms with van der Waals surface area (Å²) in [7, 11) is 0. The van der Waals surface area contributed by atoms with Crippen molar-refractivity contribution in [3.8, 4) is 0 Å². The minimum atomic E-state index is -0.0463. The summed E-state index contributed by atoms with van der Waals surface area (Å²) in [6.07, 6.45) is 0. The molecule has 0 aromatic rings. The summed E-state index contributed by atoms with van der Waals surface area (Å²) < 4.78 is 1.35. The predicted molar refractivity (Wildman–Crippen MR) is 68.9 cm³/mol. The zero-order valence-electron chi connectivity index (χ0n) is 7.26. The number of urea groups is 1. The largest absolute Gasteiger partial charge is 0.331 e. The molecule has 0 spiro atoms. The molecule has 7 heteroatoms. The van der Waals surface area contributed by atoms with Crippen molar-refractivity contribution in [3.63, 3.8) is 0 Å². The van der Waals surface area contributed by atoms with Crippen LogP contribution in [-0.4, -0.2) is 49.1 Å². The second-order valence-corrected chi connectivity index (χ2v) is 6.27. The van der Waals surface area contributed by atoms with E-state index >= 15 is 0 Å². The Morgan fingerprint density at radius 2 is 1.50 bits per heavy atom. The van der Waals surface area contributed by atoms with Gasteiger partial charge in [0, 0.05) is 24.6 Å². The van der Waals surface area contributed by atoms with Crippen molar-refractivity contribution in [2.45, 2.75) is 0 Å². The van der Waals surface area contributed by atoms with Crippen molar-refractivity contribution in [1.82, 2.24) is 9.80 Å². The summed E-state index contributed by atoms with van der Waals surface area (Å²) in [6.45, 7) is 1.43. The van der Waals surface area contributed by atoms with Gasteiger partial charge in [-0.15, -0.1) is 0 Å². The van der Waals surface area contributed by atoms with Gasteiger partial charge in [-0.1, -0.05) is 48.0 Å². The summed E-state index contributed by atoms with van der Waals surface area (Å²) in [4.78, 5) is 15.2. The number of hydrogen-bond donors (Lipinski definition) is 0. The summed E-state index contributed by atoms with van der Waals surface area (Å²) in [5.41, 5.74) is 0. The molecule has 2 heterocycles. The highest BCUT2D eigenvalue weighted by atomic mass is 32.2. The van der Waals surface area contributed by atoms with Gasteiger partial charge in [0.25, 0.3) is 0 Å². The first-order valence-electron chi connectivity index (χ1n) is 4.12. The molecule has 2 saturated heterocycles. The lowest BCUT2D eigenvalue weighted by Gasteiger charge is -2.22. The van der Waals surface area contributed by atoms with Crippen molar-refractivity contribution >= 4 is 62.6 Å². The lowest BCUT2D eigenvalue weighted by atomic mass is 10.6. The van der Waals surface area contributed by atoms with Crippen molar-refractivity contribution < 1.29 is 4.79 Å². The highest BCUT2D eigenvalue weighted by Crippen LogP contribution is 2.24. The van der Waals surface area contributed by atoms with Crippen LogP contribution in [0.3, 0.4) is 0 Å². The maximum Gasteiger partial charge on any atom is 0.331 e. The molecule has 0 atom stereocenters. The lowest BCUT2D eigenvalue weighted by molar-refractivity contribution is 0.206. The average molecular weight is 264 g/mol. The molecule has 2 aliphatic rings. The zero-order chi connectivity index (χ0) is 10.1. The van der Waals surface area contributed by atoms with E-state index in [2.05, 4.69) is 0 Å². The Bertz CT molecular complexity index is 278. The lowest BCUT2D eigenvalue weighted by Crippen LogP contribution is -2.43. The minimum absolute atomic E-state index is 0.0463. The van der Waals surface area contributed by atoms with Gasteiger partial charge in [0.05, 0.1) is 0 Å². The molecule has 14 heavy (non-hydrogen) atoms. The maximum absolute atomic E-state index is 11.9. The van der Waals surface area contributed by atoms with Gasteiger partial charge >= 0.3 is 6.03 Å². The zero-order valence-corrected chi connectivity index (χ0v) is 10.5. The summed E-state index contributed by atoms with van der Waals surface area (Å²) in [5.74, 6) is 1.80. The Labute approximate surface area is 102 Å². The first kappa shape index (κ1) is 10.7. The van der Waals surface area contributed by atoms with Crippen LogP contribution in [0.4, 0.5) is 4.79 Å². The van der Waals surface area contributed by atoms with E-state index in [4.69, 9.17) is 24.4 Å². The normalized spacial score (nSPS) is 22.3. The summed E-state index contributed by atoms with van der Waals surface area (Å²) in [6, 6.07) is -0.0463. The number of amides is 2. The number of thioether (sulfide) groups is 2. The van der Waals surface area contributed by atoms with Crippen LogP contribution < -0.4 is 0 Å². The monoisotopic (exact) mass is 264 g/mol. The number of rotatable bonds is 0. The molecule has 2 amide bonds. The van der Waals surface area contributed by atoms with Gasteiger partial charge in [0.15, 0.2) is 0 Å². The Morgan fingerprint density at radius 3 is 1.79 bits per heavy atom. The van der Waals surface area contributed by atoms with Crippen molar-refractivity contribution in [2.24, 2.45) is 0 Å². The molecule has 0 aromatic heterocycles. The maximum atomic E-state index is 11.9. The number of nitrogens with zero attached hydrogens (tertiary/aromatic N) is 2. The third-order valence-corrected chi connectivity index (χ3v) is 4.84. The standard InChI is InChI=1S/C7H8N2OS4/c10-5(8-1-3-13-6(8)11)9-2-4-14-7(9)12/h1-4H2. The van der Waals surface area contributed by atoms with Crippen LogP contribution in [0.2, 0.25) is 0 Å². The van der Waals surface area contributed by atoms with Crippen LogP contribution in [0.1, 0.15) is 0 Å². The van der Waals surface area contributed by atoms with Gasteiger partial charge in [-0.25, -0.2) is 4.79 Å². The molecule has 0 unspecified atom stereocenters. The Hall–Kier alpha value is 0.150. The van der Waals surface area contributed by atoms with E-state index in [1.165, 1.54) is 0 Å². The second-order valence-electron chi connectivity index (χ2n) is 2.81. The third-order valence-electron chi connectivity index (χ3n) is 1.98. The van der Waals surface area contributed by atoms with Gasteiger partial charge < -0.3 is 0 Å². The molecule has 76 valence electrons. The highest BCUT2D eigenvalue weighted by molar-refractivity contribution is 8.23. The summed E-state index contributed by atoms with van der Waals surface area (Å²) in [5, 5.41) is 0. The highest BCUT2D eigenvalue weighted by Gasteiger charge is 2.32. The molecule has 0 N–H and O–H groups in total. The number of carbonyl (C=O) groups is 1. The third kappa shape index (κ3) is 1.91. The molecular formula is C7H8N2OS4. The first-order chi connectivity index (χ1) is 6.70. The first-order valence-corrected chi connectivity index (χ1v) is 6.91. The fourth-order valence-electron chi connectivity index (χ4n) is 1.28. The average Bonchev–Trinajstić information content (AvgIpc) is 2.73.